The summed E-state index contributed by atoms with van der Waals surface area (Å²) in [6.07, 6.45) is 0.934. The van der Waals surface area contributed by atoms with E-state index >= 15 is 0 Å². The van der Waals surface area contributed by atoms with E-state index in [-0.39, 0.29) is 11.2 Å². The summed E-state index contributed by atoms with van der Waals surface area (Å²) in [5.41, 5.74) is -0.156. The average Bonchev–Trinajstić information content (AvgIpc) is 1.44. The van der Waals surface area contributed by atoms with Crippen LogP contribution in [0.2, 0.25) is 0 Å². The average molecular weight is 172 g/mol. The molecule has 0 atom stereocenters. The summed E-state index contributed by atoms with van der Waals surface area (Å²) in [7, 11) is 0. The zero-order chi connectivity index (χ0) is 9.62. The summed E-state index contributed by atoms with van der Waals surface area (Å²) in [6.45, 7) is 12.4. The molecular formula is C10H20O2. The molecule has 1 fully saturated rings. The van der Waals surface area contributed by atoms with Crippen LogP contribution in [0, 0.1) is 0 Å². The second-order valence-corrected chi connectivity index (χ2v) is 5.30. The highest BCUT2D eigenvalue weighted by Crippen LogP contribution is 2.39. The summed E-state index contributed by atoms with van der Waals surface area (Å²) in [4.78, 5) is 0. The van der Waals surface area contributed by atoms with E-state index in [0.717, 1.165) is 6.42 Å². The molecule has 0 amide bonds. The lowest BCUT2D eigenvalue weighted by Crippen LogP contribution is -2.53. The van der Waals surface area contributed by atoms with Crippen molar-refractivity contribution in [1.82, 2.24) is 0 Å². The Balaban J connectivity index is 2.81. The highest BCUT2D eigenvalue weighted by molar-refractivity contribution is 4.88. The summed E-state index contributed by atoms with van der Waals surface area (Å²) in [5.74, 6) is -0.453. The van der Waals surface area contributed by atoms with Crippen molar-refractivity contribution in [2.24, 2.45) is 0 Å². The summed E-state index contributed by atoms with van der Waals surface area (Å²) in [5, 5.41) is 0. The van der Waals surface area contributed by atoms with Crippen molar-refractivity contribution in [1.29, 1.82) is 0 Å². The zero-order valence-electron chi connectivity index (χ0n) is 9.02. The van der Waals surface area contributed by atoms with Crippen LogP contribution in [0.5, 0.6) is 0 Å². The van der Waals surface area contributed by atoms with Crippen LogP contribution in [0.15, 0.2) is 0 Å². The monoisotopic (exact) mass is 172 g/mol. The van der Waals surface area contributed by atoms with Crippen LogP contribution in [-0.2, 0) is 9.47 Å². The van der Waals surface area contributed by atoms with Crippen molar-refractivity contribution in [3.63, 3.8) is 0 Å². The van der Waals surface area contributed by atoms with Crippen molar-refractivity contribution < 1.29 is 9.47 Å². The number of rotatable bonds is 0. The Morgan fingerprint density at radius 3 is 1.33 bits per heavy atom. The molecule has 0 saturated carbocycles. The van der Waals surface area contributed by atoms with E-state index in [1.807, 2.05) is 13.8 Å². The second kappa shape index (κ2) is 2.46. The SMILES string of the molecule is CC1(C)CC(C)(C)OC(C)(C)O1. The molecular weight excluding hydrogens is 152 g/mol. The standard InChI is InChI=1S/C10H20O2/c1-8(2)7-9(3,4)12-10(5,6)11-8/h7H2,1-6H3. The van der Waals surface area contributed by atoms with Crippen LogP contribution in [0.1, 0.15) is 48.0 Å². The molecule has 2 heteroatoms. The van der Waals surface area contributed by atoms with Crippen molar-refractivity contribution in [2.45, 2.75) is 65.0 Å². The molecule has 1 saturated heterocycles. The van der Waals surface area contributed by atoms with Gasteiger partial charge in [0.05, 0.1) is 11.2 Å². The molecule has 0 bridgehead atoms. The maximum absolute atomic E-state index is 5.77. The van der Waals surface area contributed by atoms with Gasteiger partial charge in [0.1, 0.15) is 0 Å². The number of hydrogen-bond donors (Lipinski definition) is 0. The fourth-order valence-electron chi connectivity index (χ4n) is 2.45. The topological polar surface area (TPSA) is 18.5 Å². The van der Waals surface area contributed by atoms with Gasteiger partial charge in [0, 0.05) is 6.42 Å². The zero-order valence-corrected chi connectivity index (χ0v) is 9.02. The summed E-state index contributed by atoms with van der Waals surface area (Å²) in [6, 6.07) is 0. The largest absolute Gasteiger partial charge is 0.345 e. The fourth-order valence-corrected chi connectivity index (χ4v) is 2.45. The first-order valence-corrected chi connectivity index (χ1v) is 4.52. The summed E-state index contributed by atoms with van der Waals surface area (Å²) >= 11 is 0. The minimum absolute atomic E-state index is 0.0781. The molecule has 0 aromatic carbocycles. The lowest BCUT2D eigenvalue weighted by atomic mass is 9.90. The molecule has 0 aliphatic carbocycles. The molecule has 1 aliphatic heterocycles. The third kappa shape index (κ3) is 2.46. The molecule has 1 heterocycles. The molecule has 0 aromatic heterocycles. The highest BCUT2D eigenvalue weighted by atomic mass is 16.7. The summed E-state index contributed by atoms with van der Waals surface area (Å²) < 4.78 is 11.5. The first-order chi connectivity index (χ1) is 5.12. The van der Waals surface area contributed by atoms with Gasteiger partial charge in [-0.2, -0.15) is 0 Å². The van der Waals surface area contributed by atoms with Crippen LogP contribution in [0.25, 0.3) is 0 Å². The smallest absolute Gasteiger partial charge is 0.164 e. The maximum Gasteiger partial charge on any atom is 0.164 e. The fraction of sp³-hybridized carbons (Fsp3) is 1.00. The van der Waals surface area contributed by atoms with Gasteiger partial charge in [0.2, 0.25) is 0 Å². The molecule has 0 N–H and O–H groups in total. The van der Waals surface area contributed by atoms with Gasteiger partial charge in [0.15, 0.2) is 5.79 Å². The third-order valence-corrected chi connectivity index (χ3v) is 1.90. The van der Waals surface area contributed by atoms with Gasteiger partial charge >= 0.3 is 0 Å². The lowest BCUT2D eigenvalue weighted by molar-refractivity contribution is -0.348. The highest BCUT2D eigenvalue weighted by Gasteiger charge is 2.43. The van der Waals surface area contributed by atoms with Crippen LogP contribution in [-0.4, -0.2) is 17.0 Å². The van der Waals surface area contributed by atoms with Crippen molar-refractivity contribution >= 4 is 0 Å². The molecule has 0 spiro atoms. The Kier molecular flexibility index (Phi) is 2.05. The van der Waals surface area contributed by atoms with Gasteiger partial charge in [-0.15, -0.1) is 0 Å². The third-order valence-electron chi connectivity index (χ3n) is 1.90. The van der Waals surface area contributed by atoms with E-state index in [9.17, 15) is 0 Å². The lowest BCUT2D eigenvalue weighted by Gasteiger charge is -2.49. The Hall–Kier alpha value is -0.0800. The molecule has 0 radical (unpaired) electrons. The Bertz CT molecular complexity index is 135. The van der Waals surface area contributed by atoms with E-state index in [2.05, 4.69) is 27.7 Å². The van der Waals surface area contributed by atoms with E-state index in [1.54, 1.807) is 0 Å². The maximum atomic E-state index is 5.77. The van der Waals surface area contributed by atoms with Gasteiger partial charge in [-0.1, -0.05) is 0 Å². The van der Waals surface area contributed by atoms with Crippen molar-refractivity contribution in [2.75, 3.05) is 0 Å². The van der Waals surface area contributed by atoms with Crippen LogP contribution < -0.4 is 0 Å². The Morgan fingerprint density at radius 1 is 0.750 bits per heavy atom. The normalized spacial score (nSPS) is 31.5. The van der Waals surface area contributed by atoms with Gasteiger partial charge in [0.25, 0.3) is 0 Å². The molecule has 1 rings (SSSR count). The Labute approximate surface area is 75.2 Å². The molecule has 1 aliphatic rings. The van der Waals surface area contributed by atoms with Gasteiger partial charge in [-0.05, 0) is 41.5 Å². The van der Waals surface area contributed by atoms with Crippen LogP contribution in [0.3, 0.4) is 0 Å². The Morgan fingerprint density at radius 2 is 1.08 bits per heavy atom. The van der Waals surface area contributed by atoms with E-state index in [4.69, 9.17) is 9.47 Å². The van der Waals surface area contributed by atoms with Gasteiger partial charge in [-0.3, -0.25) is 0 Å². The molecule has 0 aromatic rings. The van der Waals surface area contributed by atoms with Crippen molar-refractivity contribution in [3.8, 4) is 0 Å². The van der Waals surface area contributed by atoms with Crippen molar-refractivity contribution in [3.05, 3.63) is 0 Å². The predicted octanol–water partition coefficient (Wildman–Crippen LogP) is 2.72. The first kappa shape index (κ1) is 10.0. The molecule has 0 unspecified atom stereocenters. The van der Waals surface area contributed by atoms with Gasteiger partial charge in [-0.25, -0.2) is 0 Å². The van der Waals surface area contributed by atoms with E-state index < -0.39 is 5.79 Å². The quantitative estimate of drug-likeness (QED) is 0.559. The number of hydrogen-bond acceptors (Lipinski definition) is 2. The molecule has 2 nitrogen and oxygen atoms in total. The van der Waals surface area contributed by atoms with Gasteiger partial charge < -0.3 is 9.47 Å². The van der Waals surface area contributed by atoms with E-state index in [1.165, 1.54) is 0 Å². The van der Waals surface area contributed by atoms with Crippen LogP contribution in [0.4, 0.5) is 0 Å². The minimum Gasteiger partial charge on any atom is -0.345 e. The second-order valence-electron chi connectivity index (χ2n) is 5.30. The predicted molar refractivity (Wildman–Crippen MR) is 49.0 cm³/mol. The van der Waals surface area contributed by atoms with Crippen LogP contribution >= 0.6 is 0 Å². The first-order valence-electron chi connectivity index (χ1n) is 4.52. The molecule has 12 heavy (non-hydrogen) atoms. The van der Waals surface area contributed by atoms with E-state index in [0.29, 0.717) is 0 Å². The minimum atomic E-state index is -0.453. The molecule has 72 valence electrons. The number of ether oxygens (including phenoxy) is 2.